The fourth-order valence-corrected chi connectivity index (χ4v) is 1.95. The number of rotatable bonds is 7. The Balaban J connectivity index is 2.42. The summed E-state index contributed by atoms with van der Waals surface area (Å²) in [6, 6.07) is 0. The number of ether oxygens (including phenoxy) is 1. The van der Waals surface area contributed by atoms with Crippen molar-refractivity contribution in [2.75, 3.05) is 39.7 Å². The van der Waals surface area contributed by atoms with Gasteiger partial charge in [-0.15, -0.1) is 5.10 Å². The van der Waals surface area contributed by atoms with Crippen molar-refractivity contribution in [1.82, 2.24) is 14.5 Å². The van der Waals surface area contributed by atoms with E-state index in [9.17, 15) is 5.11 Å². The molecule has 0 fully saturated rings. The molecule has 0 spiro atoms. The second-order valence-corrected chi connectivity index (χ2v) is 4.36. The summed E-state index contributed by atoms with van der Waals surface area (Å²) in [5.74, 6) is 0. The molecular weight excluding hydrogens is 228 g/mol. The van der Waals surface area contributed by atoms with Crippen molar-refractivity contribution in [3.8, 4) is 0 Å². The van der Waals surface area contributed by atoms with E-state index in [0.717, 1.165) is 10.7 Å². The smallest absolute Gasteiger partial charge is 0.134 e. The number of nitrogens with one attached hydrogen (secondary N) is 1. The lowest BCUT2D eigenvalue weighted by atomic mass is 10.3. The molecule has 7 heteroatoms. The molecule has 0 amide bonds. The van der Waals surface area contributed by atoms with E-state index >= 15 is 0 Å². The van der Waals surface area contributed by atoms with Gasteiger partial charge in [-0.05, 0) is 7.05 Å². The molecular formula is C9H18N4O2S. The second kappa shape index (κ2) is 6.74. The molecule has 0 aliphatic rings. The predicted molar refractivity (Wildman–Crippen MR) is 63.7 cm³/mol. The summed E-state index contributed by atoms with van der Waals surface area (Å²) in [6.07, 6.45) is -0.473. The first kappa shape index (κ1) is 13.3. The quantitative estimate of drug-likeness (QED) is 0.707. The fourth-order valence-electron chi connectivity index (χ4n) is 1.43. The summed E-state index contributed by atoms with van der Waals surface area (Å²) in [4.78, 5) is 1.99. The Kier molecular flexibility index (Phi) is 5.61. The Bertz CT molecular complexity index is 307. The van der Waals surface area contributed by atoms with E-state index in [1.165, 1.54) is 11.5 Å². The Morgan fingerprint density at radius 2 is 2.38 bits per heavy atom. The molecule has 0 aliphatic carbocycles. The predicted octanol–water partition coefficient (Wildman–Crippen LogP) is 0.0189. The van der Waals surface area contributed by atoms with Crippen LogP contribution >= 0.6 is 11.5 Å². The minimum absolute atomic E-state index is 0.346. The molecule has 1 unspecified atom stereocenters. The maximum atomic E-state index is 9.56. The van der Waals surface area contributed by atoms with E-state index in [-0.39, 0.29) is 0 Å². The van der Waals surface area contributed by atoms with Crippen LogP contribution in [-0.4, -0.2) is 60.1 Å². The van der Waals surface area contributed by atoms with Crippen LogP contribution in [0.4, 0.5) is 5.00 Å². The summed E-state index contributed by atoms with van der Waals surface area (Å²) < 4.78 is 8.75. The Morgan fingerprint density at radius 1 is 1.62 bits per heavy atom. The van der Waals surface area contributed by atoms with Crippen molar-refractivity contribution >= 4 is 16.5 Å². The van der Waals surface area contributed by atoms with Crippen molar-refractivity contribution in [2.45, 2.75) is 12.6 Å². The standard InChI is InChI=1S/C9H18N4O2S/c1-10-9-8(11-12-16-9)5-13(2)4-7(14)6-15-3/h7,10,14H,4-6H2,1-3H3. The van der Waals surface area contributed by atoms with Gasteiger partial charge in [0.15, 0.2) is 0 Å². The molecule has 16 heavy (non-hydrogen) atoms. The zero-order valence-electron chi connectivity index (χ0n) is 9.80. The van der Waals surface area contributed by atoms with Crippen LogP contribution in [0, 0.1) is 0 Å². The monoisotopic (exact) mass is 246 g/mol. The van der Waals surface area contributed by atoms with Crippen LogP contribution in [-0.2, 0) is 11.3 Å². The van der Waals surface area contributed by atoms with Crippen molar-refractivity contribution in [3.05, 3.63) is 5.69 Å². The molecule has 1 rings (SSSR count). The summed E-state index contributed by atoms with van der Waals surface area (Å²) in [7, 11) is 5.35. The van der Waals surface area contributed by atoms with Gasteiger partial charge in [0.2, 0.25) is 0 Å². The van der Waals surface area contributed by atoms with E-state index in [1.807, 2.05) is 19.0 Å². The van der Waals surface area contributed by atoms with E-state index < -0.39 is 6.10 Å². The van der Waals surface area contributed by atoms with Crippen molar-refractivity contribution in [3.63, 3.8) is 0 Å². The maximum Gasteiger partial charge on any atom is 0.134 e. The Hall–Kier alpha value is -0.760. The lowest BCUT2D eigenvalue weighted by Gasteiger charge is -2.19. The Labute approximate surface area is 99.4 Å². The van der Waals surface area contributed by atoms with Crippen LogP contribution in [0.15, 0.2) is 0 Å². The molecule has 1 aromatic rings. The molecule has 0 radical (unpaired) electrons. The van der Waals surface area contributed by atoms with Gasteiger partial charge in [0.1, 0.15) is 10.7 Å². The lowest BCUT2D eigenvalue weighted by molar-refractivity contribution is 0.0417. The zero-order chi connectivity index (χ0) is 12.0. The van der Waals surface area contributed by atoms with Crippen LogP contribution in [0.25, 0.3) is 0 Å². The van der Waals surface area contributed by atoms with Crippen molar-refractivity contribution in [2.24, 2.45) is 0 Å². The summed E-state index contributed by atoms with van der Waals surface area (Å²) >= 11 is 1.33. The molecule has 0 aliphatic heterocycles. The van der Waals surface area contributed by atoms with Gasteiger partial charge in [0, 0.05) is 38.8 Å². The topological polar surface area (TPSA) is 70.5 Å². The largest absolute Gasteiger partial charge is 0.389 e. The molecule has 1 atom stereocenters. The molecule has 0 saturated carbocycles. The third-order valence-electron chi connectivity index (χ3n) is 2.08. The van der Waals surface area contributed by atoms with Gasteiger partial charge in [0.25, 0.3) is 0 Å². The van der Waals surface area contributed by atoms with E-state index in [4.69, 9.17) is 4.74 Å². The highest BCUT2D eigenvalue weighted by molar-refractivity contribution is 7.10. The number of hydrogen-bond acceptors (Lipinski definition) is 7. The van der Waals surface area contributed by atoms with Gasteiger partial charge in [-0.25, -0.2) is 0 Å². The number of nitrogens with zero attached hydrogens (tertiary/aromatic N) is 3. The highest BCUT2D eigenvalue weighted by Crippen LogP contribution is 2.17. The number of methoxy groups -OCH3 is 1. The summed E-state index contributed by atoms with van der Waals surface area (Å²) in [6.45, 7) is 1.56. The first-order chi connectivity index (χ1) is 7.67. The lowest BCUT2D eigenvalue weighted by Crippen LogP contribution is -2.31. The van der Waals surface area contributed by atoms with Crippen LogP contribution in [0.1, 0.15) is 5.69 Å². The number of likely N-dealkylation sites (N-methyl/N-ethyl adjacent to an activating group) is 1. The highest BCUT2D eigenvalue weighted by Gasteiger charge is 2.12. The molecule has 0 bridgehead atoms. The second-order valence-electron chi connectivity index (χ2n) is 3.60. The van der Waals surface area contributed by atoms with E-state index in [0.29, 0.717) is 19.7 Å². The van der Waals surface area contributed by atoms with Gasteiger partial charge in [-0.1, -0.05) is 4.49 Å². The first-order valence-electron chi connectivity index (χ1n) is 5.02. The fraction of sp³-hybridized carbons (Fsp3) is 0.778. The average Bonchev–Trinajstić information content (AvgIpc) is 2.65. The minimum Gasteiger partial charge on any atom is -0.389 e. The van der Waals surface area contributed by atoms with Gasteiger partial charge in [-0.3, -0.25) is 4.90 Å². The number of aliphatic hydroxyl groups is 1. The van der Waals surface area contributed by atoms with E-state index in [2.05, 4.69) is 14.9 Å². The van der Waals surface area contributed by atoms with Crippen LogP contribution in [0.3, 0.4) is 0 Å². The summed E-state index contributed by atoms with van der Waals surface area (Å²) in [5.41, 5.74) is 0.902. The number of hydrogen-bond donors (Lipinski definition) is 2. The minimum atomic E-state index is -0.473. The van der Waals surface area contributed by atoms with Crippen molar-refractivity contribution in [1.29, 1.82) is 0 Å². The average molecular weight is 246 g/mol. The third kappa shape index (κ3) is 4.01. The SMILES string of the molecule is CNc1snnc1CN(C)CC(O)COC. The summed E-state index contributed by atoms with van der Waals surface area (Å²) in [5, 5.41) is 17.6. The third-order valence-corrected chi connectivity index (χ3v) is 2.87. The van der Waals surface area contributed by atoms with Crippen LogP contribution in [0.5, 0.6) is 0 Å². The zero-order valence-corrected chi connectivity index (χ0v) is 10.6. The molecule has 0 saturated heterocycles. The molecule has 1 heterocycles. The van der Waals surface area contributed by atoms with E-state index in [1.54, 1.807) is 7.11 Å². The highest BCUT2D eigenvalue weighted by atomic mass is 32.1. The van der Waals surface area contributed by atoms with Gasteiger partial charge < -0.3 is 15.2 Å². The number of aromatic nitrogens is 2. The van der Waals surface area contributed by atoms with Gasteiger partial charge in [0.05, 0.1) is 12.7 Å². The van der Waals surface area contributed by atoms with Gasteiger partial charge in [-0.2, -0.15) is 0 Å². The number of aliphatic hydroxyl groups excluding tert-OH is 1. The molecule has 0 aromatic carbocycles. The normalized spacial score (nSPS) is 13.1. The van der Waals surface area contributed by atoms with Crippen molar-refractivity contribution < 1.29 is 9.84 Å². The number of anilines is 1. The molecule has 92 valence electrons. The maximum absolute atomic E-state index is 9.56. The van der Waals surface area contributed by atoms with Crippen LogP contribution in [0.2, 0.25) is 0 Å². The molecule has 2 N–H and O–H groups in total. The molecule has 1 aromatic heterocycles. The van der Waals surface area contributed by atoms with Crippen LogP contribution < -0.4 is 5.32 Å². The molecule has 6 nitrogen and oxygen atoms in total. The Morgan fingerprint density at radius 3 is 3.00 bits per heavy atom. The first-order valence-corrected chi connectivity index (χ1v) is 5.79. The van der Waals surface area contributed by atoms with Gasteiger partial charge >= 0.3 is 0 Å².